The molecule has 0 amide bonds. The third-order valence-electron chi connectivity index (χ3n) is 4.25. The van der Waals surface area contributed by atoms with Crippen LogP contribution in [0.2, 0.25) is 0 Å². The van der Waals surface area contributed by atoms with E-state index in [2.05, 4.69) is 4.98 Å². The van der Waals surface area contributed by atoms with Gasteiger partial charge in [0.1, 0.15) is 11.5 Å². The van der Waals surface area contributed by atoms with Crippen LogP contribution in [0, 0.1) is 6.92 Å². The number of allylic oxidation sites excluding steroid dienone is 1. The van der Waals surface area contributed by atoms with E-state index in [9.17, 15) is 9.59 Å². The van der Waals surface area contributed by atoms with E-state index in [1.807, 2.05) is 6.07 Å². The molecule has 0 unspecified atom stereocenters. The summed E-state index contributed by atoms with van der Waals surface area (Å²) in [6, 6.07) is 15.5. The fraction of sp³-hybridized carbons (Fsp3) is 0.0455. The normalized spacial score (nSPS) is 14.0. The van der Waals surface area contributed by atoms with E-state index in [1.165, 1.54) is 0 Å². The van der Waals surface area contributed by atoms with E-state index < -0.39 is 5.97 Å². The van der Waals surface area contributed by atoms with Crippen molar-refractivity contribution in [2.45, 2.75) is 6.92 Å². The van der Waals surface area contributed by atoms with Crippen molar-refractivity contribution < 1.29 is 19.1 Å². The molecule has 1 aromatic heterocycles. The van der Waals surface area contributed by atoms with Gasteiger partial charge in [0, 0.05) is 18.0 Å². The van der Waals surface area contributed by atoms with Gasteiger partial charge in [-0.2, -0.15) is 0 Å². The number of carbonyl (C=O) groups excluding carboxylic acids is 2. The number of ketones is 1. The van der Waals surface area contributed by atoms with Crippen molar-refractivity contribution in [1.82, 2.24) is 4.98 Å². The SMILES string of the molecule is Cc1c(OC(=O)c2ccccc2)ccc2c1O/C(=C\c1ccncc1)C2=O. The monoisotopic (exact) mass is 357 g/mol. The van der Waals surface area contributed by atoms with Gasteiger partial charge in [0.15, 0.2) is 5.76 Å². The quantitative estimate of drug-likeness (QED) is 0.399. The number of benzene rings is 2. The predicted molar refractivity (Wildman–Crippen MR) is 99.8 cm³/mol. The van der Waals surface area contributed by atoms with E-state index in [1.54, 1.807) is 73.9 Å². The minimum Gasteiger partial charge on any atom is -0.452 e. The summed E-state index contributed by atoms with van der Waals surface area (Å²) in [7, 11) is 0. The van der Waals surface area contributed by atoms with Crippen molar-refractivity contribution in [1.29, 1.82) is 0 Å². The van der Waals surface area contributed by atoms with Crippen LogP contribution in [-0.4, -0.2) is 16.7 Å². The third-order valence-corrected chi connectivity index (χ3v) is 4.25. The van der Waals surface area contributed by atoms with E-state index in [4.69, 9.17) is 9.47 Å². The van der Waals surface area contributed by atoms with Crippen LogP contribution in [0.4, 0.5) is 0 Å². The molecule has 0 saturated carbocycles. The number of fused-ring (bicyclic) bond motifs is 1. The van der Waals surface area contributed by atoms with Crippen LogP contribution < -0.4 is 9.47 Å². The number of aromatic nitrogens is 1. The Morgan fingerprint density at radius 2 is 1.78 bits per heavy atom. The molecule has 0 aliphatic carbocycles. The molecule has 0 atom stereocenters. The summed E-state index contributed by atoms with van der Waals surface area (Å²) in [5.41, 5.74) is 2.32. The highest BCUT2D eigenvalue weighted by atomic mass is 16.5. The number of nitrogens with zero attached hydrogens (tertiary/aromatic N) is 1. The Balaban J connectivity index is 1.63. The van der Waals surface area contributed by atoms with Crippen LogP contribution in [0.3, 0.4) is 0 Å². The molecule has 0 N–H and O–H groups in total. The summed E-state index contributed by atoms with van der Waals surface area (Å²) in [6.07, 6.45) is 4.95. The van der Waals surface area contributed by atoms with Crippen molar-refractivity contribution >= 4 is 17.8 Å². The van der Waals surface area contributed by atoms with Crippen LogP contribution in [0.1, 0.15) is 31.8 Å². The van der Waals surface area contributed by atoms with Gasteiger partial charge in [-0.25, -0.2) is 4.79 Å². The fourth-order valence-corrected chi connectivity index (χ4v) is 2.82. The Morgan fingerprint density at radius 1 is 1.04 bits per heavy atom. The largest absolute Gasteiger partial charge is 0.452 e. The van der Waals surface area contributed by atoms with Gasteiger partial charge in [0.2, 0.25) is 5.78 Å². The van der Waals surface area contributed by atoms with E-state index in [0.717, 1.165) is 5.56 Å². The molecule has 0 saturated heterocycles. The maximum atomic E-state index is 12.6. The number of hydrogen-bond acceptors (Lipinski definition) is 5. The summed E-state index contributed by atoms with van der Waals surface area (Å²) in [4.78, 5) is 28.8. The first-order valence-corrected chi connectivity index (χ1v) is 8.38. The molecule has 0 bridgehead atoms. The molecule has 0 fully saturated rings. The smallest absolute Gasteiger partial charge is 0.343 e. The summed E-state index contributed by atoms with van der Waals surface area (Å²) >= 11 is 0. The molecule has 5 heteroatoms. The molecule has 4 rings (SSSR count). The van der Waals surface area contributed by atoms with Gasteiger partial charge >= 0.3 is 5.97 Å². The number of hydrogen-bond donors (Lipinski definition) is 0. The Kier molecular flexibility index (Phi) is 4.26. The highest BCUT2D eigenvalue weighted by molar-refractivity contribution is 6.15. The van der Waals surface area contributed by atoms with Crippen molar-refractivity contribution in [2.24, 2.45) is 0 Å². The van der Waals surface area contributed by atoms with Crippen LogP contribution in [0.15, 0.2) is 72.8 Å². The zero-order chi connectivity index (χ0) is 18.8. The predicted octanol–water partition coefficient (Wildman–Crippen LogP) is 4.23. The average Bonchev–Trinajstić information content (AvgIpc) is 3.02. The highest BCUT2D eigenvalue weighted by Gasteiger charge is 2.30. The molecule has 132 valence electrons. The molecule has 5 nitrogen and oxygen atoms in total. The van der Waals surface area contributed by atoms with Gasteiger partial charge in [-0.3, -0.25) is 9.78 Å². The second-order valence-corrected chi connectivity index (χ2v) is 6.04. The van der Waals surface area contributed by atoms with Crippen LogP contribution in [0.25, 0.3) is 6.08 Å². The molecular weight excluding hydrogens is 342 g/mol. The maximum absolute atomic E-state index is 12.6. The second-order valence-electron chi connectivity index (χ2n) is 6.04. The first-order valence-electron chi connectivity index (χ1n) is 8.38. The summed E-state index contributed by atoms with van der Waals surface area (Å²) in [6.45, 7) is 1.76. The molecule has 1 aliphatic rings. The zero-order valence-corrected chi connectivity index (χ0v) is 14.5. The lowest BCUT2D eigenvalue weighted by Crippen LogP contribution is -2.09. The Bertz CT molecular complexity index is 1060. The van der Waals surface area contributed by atoms with Gasteiger partial charge in [-0.15, -0.1) is 0 Å². The minimum absolute atomic E-state index is 0.203. The zero-order valence-electron chi connectivity index (χ0n) is 14.5. The number of esters is 1. The summed E-state index contributed by atoms with van der Waals surface area (Å²) < 4.78 is 11.3. The number of carbonyl (C=O) groups is 2. The van der Waals surface area contributed by atoms with Crippen molar-refractivity contribution in [3.8, 4) is 11.5 Å². The van der Waals surface area contributed by atoms with E-state index in [-0.39, 0.29) is 11.5 Å². The summed E-state index contributed by atoms with van der Waals surface area (Å²) in [5, 5.41) is 0. The first kappa shape index (κ1) is 16.7. The topological polar surface area (TPSA) is 65.5 Å². The van der Waals surface area contributed by atoms with Gasteiger partial charge in [0.25, 0.3) is 0 Å². The van der Waals surface area contributed by atoms with Crippen molar-refractivity contribution in [2.75, 3.05) is 0 Å². The van der Waals surface area contributed by atoms with Gasteiger partial charge in [-0.05, 0) is 55.0 Å². The Morgan fingerprint density at radius 3 is 2.52 bits per heavy atom. The standard InChI is InChI=1S/C22H15NO4/c1-14-18(27-22(25)16-5-3-2-4-6-16)8-7-17-20(24)19(26-21(14)17)13-15-9-11-23-12-10-15/h2-13H,1H3/b19-13-. The maximum Gasteiger partial charge on any atom is 0.343 e. The molecule has 1 aliphatic heterocycles. The number of rotatable bonds is 3. The highest BCUT2D eigenvalue weighted by Crippen LogP contribution is 2.39. The fourth-order valence-electron chi connectivity index (χ4n) is 2.82. The lowest BCUT2D eigenvalue weighted by Gasteiger charge is -2.10. The van der Waals surface area contributed by atoms with Crippen LogP contribution >= 0.6 is 0 Å². The molecular formula is C22H15NO4. The Labute approximate surface area is 155 Å². The molecule has 0 spiro atoms. The minimum atomic E-state index is -0.462. The van der Waals surface area contributed by atoms with Crippen LogP contribution in [-0.2, 0) is 0 Å². The average molecular weight is 357 g/mol. The lowest BCUT2D eigenvalue weighted by molar-refractivity contribution is 0.0733. The van der Waals surface area contributed by atoms with E-state index in [0.29, 0.717) is 28.2 Å². The second kappa shape index (κ2) is 6.88. The molecule has 2 aromatic carbocycles. The Hall–Kier alpha value is -3.73. The lowest BCUT2D eigenvalue weighted by atomic mass is 10.1. The number of ether oxygens (including phenoxy) is 2. The van der Waals surface area contributed by atoms with Crippen molar-refractivity contribution in [3.63, 3.8) is 0 Å². The molecule has 27 heavy (non-hydrogen) atoms. The number of Topliss-reactive ketones (excluding diaryl/α,β-unsaturated/α-hetero) is 1. The first-order chi connectivity index (χ1) is 13.1. The third kappa shape index (κ3) is 3.22. The molecule has 3 aromatic rings. The summed E-state index contributed by atoms with van der Waals surface area (Å²) in [5.74, 6) is 0.339. The van der Waals surface area contributed by atoms with E-state index >= 15 is 0 Å². The molecule has 0 radical (unpaired) electrons. The number of pyridine rings is 1. The van der Waals surface area contributed by atoms with Gasteiger partial charge < -0.3 is 9.47 Å². The van der Waals surface area contributed by atoms with Crippen LogP contribution in [0.5, 0.6) is 11.5 Å². The van der Waals surface area contributed by atoms with Crippen molar-refractivity contribution in [3.05, 3.63) is 95.0 Å². The van der Waals surface area contributed by atoms with Gasteiger partial charge in [-0.1, -0.05) is 18.2 Å². The van der Waals surface area contributed by atoms with Gasteiger partial charge in [0.05, 0.1) is 11.1 Å². The molecule has 2 heterocycles.